The minimum Gasteiger partial charge on any atom is -0.507 e. The van der Waals surface area contributed by atoms with E-state index in [1.807, 2.05) is 42.2 Å². The molecule has 2 aliphatic heterocycles. The van der Waals surface area contributed by atoms with Gasteiger partial charge in [-0.25, -0.2) is 0 Å². The molecule has 0 aromatic heterocycles. The minimum atomic E-state index is -0.234. The number of morpholine rings is 1. The lowest BCUT2D eigenvalue weighted by Crippen LogP contribution is -2.49. The standard InChI is InChI=1S/C33H46N6O3/c1-23-22-42-31(21-39(23)29(32(35)36)19-28(34)27-9-5-6-10-30(27)40)25-11-13-26(14-12-25)33(41)38-17-15-37(16-18-38)20-24-7-3-2-4-8-24/h5-6,9-14,19,23-24,31,40H,2-4,7-8,15-18,20-22,34-36H2,1H3/b28-19-. The molecule has 2 aromatic carbocycles. The van der Waals surface area contributed by atoms with E-state index in [2.05, 4.69) is 9.80 Å². The number of amides is 1. The zero-order valence-corrected chi connectivity index (χ0v) is 24.8. The molecule has 2 unspecified atom stereocenters. The van der Waals surface area contributed by atoms with E-state index in [4.69, 9.17) is 21.9 Å². The first kappa shape index (κ1) is 29.8. The summed E-state index contributed by atoms with van der Waals surface area (Å²) in [6.45, 7) is 7.66. The van der Waals surface area contributed by atoms with Gasteiger partial charge in [-0.2, -0.15) is 0 Å². The number of phenols is 1. The van der Waals surface area contributed by atoms with Gasteiger partial charge < -0.3 is 36.8 Å². The molecular weight excluding hydrogens is 528 g/mol. The first-order chi connectivity index (χ1) is 20.3. The van der Waals surface area contributed by atoms with Crippen molar-refractivity contribution in [3.63, 3.8) is 0 Å². The average molecular weight is 575 g/mol. The van der Waals surface area contributed by atoms with Gasteiger partial charge in [0.1, 0.15) is 17.7 Å². The molecule has 226 valence electrons. The van der Waals surface area contributed by atoms with Crippen LogP contribution in [-0.4, -0.2) is 77.6 Å². The van der Waals surface area contributed by atoms with Gasteiger partial charge in [-0.1, -0.05) is 43.5 Å². The summed E-state index contributed by atoms with van der Waals surface area (Å²) in [5, 5.41) is 10.2. The number of allylic oxidation sites excluding steroid dienone is 1. The van der Waals surface area contributed by atoms with E-state index < -0.39 is 0 Å². The van der Waals surface area contributed by atoms with Gasteiger partial charge in [0.25, 0.3) is 5.91 Å². The Hall–Kier alpha value is -3.69. The molecule has 7 N–H and O–H groups in total. The van der Waals surface area contributed by atoms with Crippen LogP contribution in [0.1, 0.15) is 66.6 Å². The Kier molecular flexibility index (Phi) is 9.59. The van der Waals surface area contributed by atoms with Gasteiger partial charge >= 0.3 is 0 Å². The van der Waals surface area contributed by atoms with Gasteiger partial charge in [-0.05, 0) is 61.6 Å². The number of nitrogens with two attached hydrogens (primary N) is 3. The van der Waals surface area contributed by atoms with Crippen LogP contribution in [-0.2, 0) is 4.74 Å². The van der Waals surface area contributed by atoms with Crippen LogP contribution in [0.15, 0.2) is 66.1 Å². The maximum Gasteiger partial charge on any atom is 0.253 e. The number of hydrogen-bond acceptors (Lipinski definition) is 8. The van der Waals surface area contributed by atoms with Gasteiger partial charge in [0.2, 0.25) is 0 Å². The van der Waals surface area contributed by atoms with Gasteiger partial charge in [-0.3, -0.25) is 9.69 Å². The molecular formula is C33H46N6O3. The van der Waals surface area contributed by atoms with Crippen molar-refractivity contribution < 1.29 is 14.6 Å². The molecule has 2 atom stereocenters. The summed E-state index contributed by atoms with van der Waals surface area (Å²) in [6, 6.07) is 14.7. The molecule has 9 heteroatoms. The van der Waals surface area contributed by atoms with Crippen molar-refractivity contribution in [2.75, 3.05) is 45.9 Å². The van der Waals surface area contributed by atoms with Gasteiger partial charge in [0, 0.05) is 62.1 Å². The molecule has 1 saturated carbocycles. The Morgan fingerprint density at radius 2 is 1.67 bits per heavy atom. The predicted octanol–water partition coefficient (Wildman–Crippen LogP) is 3.58. The molecule has 0 radical (unpaired) electrons. The van der Waals surface area contributed by atoms with E-state index >= 15 is 0 Å². The van der Waals surface area contributed by atoms with Crippen LogP contribution in [0.5, 0.6) is 5.75 Å². The maximum atomic E-state index is 13.3. The van der Waals surface area contributed by atoms with E-state index in [1.54, 1.807) is 24.3 Å². The van der Waals surface area contributed by atoms with Crippen molar-refractivity contribution in [3.8, 4) is 5.75 Å². The molecule has 3 aliphatic rings. The summed E-state index contributed by atoms with van der Waals surface area (Å²) in [4.78, 5) is 19.9. The monoisotopic (exact) mass is 574 g/mol. The Balaban J connectivity index is 1.21. The SMILES string of the molecule is CC1COC(c2ccc(C(=O)N3CCN(CC4CCCCC4)CC3)cc2)CN1C(/C=C(\N)c1ccccc1O)=C(N)N. The number of benzene rings is 2. The minimum absolute atomic E-state index is 0.00408. The number of phenolic OH excluding ortho intramolecular Hbond substituents is 1. The number of carbonyl (C=O) groups excluding carboxylic acids is 1. The van der Waals surface area contributed by atoms with Crippen molar-refractivity contribution in [1.29, 1.82) is 0 Å². The lowest BCUT2D eigenvalue weighted by atomic mass is 9.89. The predicted molar refractivity (Wildman–Crippen MR) is 166 cm³/mol. The van der Waals surface area contributed by atoms with Crippen LogP contribution in [0, 0.1) is 5.92 Å². The van der Waals surface area contributed by atoms with Crippen LogP contribution in [0.2, 0.25) is 0 Å². The molecule has 2 aromatic rings. The summed E-state index contributed by atoms with van der Waals surface area (Å²) in [7, 11) is 0. The Morgan fingerprint density at radius 1 is 0.976 bits per heavy atom. The van der Waals surface area contributed by atoms with E-state index in [-0.39, 0.29) is 29.6 Å². The zero-order valence-electron chi connectivity index (χ0n) is 24.8. The molecule has 0 spiro atoms. The first-order valence-corrected chi connectivity index (χ1v) is 15.3. The largest absolute Gasteiger partial charge is 0.507 e. The maximum absolute atomic E-state index is 13.3. The second-order valence-electron chi connectivity index (χ2n) is 12.0. The van der Waals surface area contributed by atoms with E-state index in [0.29, 0.717) is 35.7 Å². The number of para-hydroxylation sites is 1. The molecule has 42 heavy (non-hydrogen) atoms. The molecule has 0 bridgehead atoms. The van der Waals surface area contributed by atoms with E-state index in [1.165, 1.54) is 38.6 Å². The van der Waals surface area contributed by atoms with E-state index in [0.717, 1.165) is 37.7 Å². The van der Waals surface area contributed by atoms with Crippen LogP contribution in [0.3, 0.4) is 0 Å². The Morgan fingerprint density at radius 3 is 2.33 bits per heavy atom. The second-order valence-corrected chi connectivity index (χ2v) is 12.0. The topological polar surface area (TPSA) is 134 Å². The van der Waals surface area contributed by atoms with Crippen LogP contribution in [0.25, 0.3) is 5.70 Å². The summed E-state index contributed by atoms with van der Waals surface area (Å²) in [6.07, 6.45) is 8.30. The van der Waals surface area contributed by atoms with Gasteiger partial charge in [-0.15, -0.1) is 0 Å². The number of rotatable bonds is 7. The summed E-state index contributed by atoms with van der Waals surface area (Å²) >= 11 is 0. The fourth-order valence-corrected chi connectivity index (χ4v) is 6.46. The Bertz CT molecular complexity index is 1270. The lowest BCUT2D eigenvalue weighted by Gasteiger charge is -2.40. The van der Waals surface area contributed by atoms with Gasteiger partial charge in [0.05, 0.1) is 12.3 Å². The summed E-state index contributed by atoms with van der Waals surface area (Å²) < 4.78 is 6.20. The smallest absolute Gasteiger partial charge is 0.253 e. The number of aromatic hydroxyl groups is 1. The average Bonchev–Trinajstić information content (AvgIpc) is 3.01. The van der Waals surface area contributed by atoms with Crippen LogP contribution < -0.4 is 17.2 Å². The van der Waals surface area contributed by atoms with Crippen LogP contribution in [0.4, 0.5) is 0 Å². The van der Waals surface area contributed by atoms with Gasteiger partial charge in [0.15, 0.2) is 0 Å². The number of hydrogen-bond donors (Lipinski definition) is 4. The lowest BCUT2D eigenvalue weighted by molar-refractivity contribution is -0.0457. The third-order valence-corrected chi connectivity index (χ3v) is 8.98. The van der Waals surface area contributed by atoms with Crippen molar-refractivity contribution in [3.05, 3.63) is 82.8 Å². The number of piperazine rings is 1. The third-order valence-electron chi connectivity index (χ3n) is 8.98. The highest BCUT2D eigenvalue weighted by Crippen LogP contribution is 2.30. The Labute approximate surface area is 249 Å². The zero-order chi connectivity index (χ0) is 29.6. The summed E-state index contributed by atoms with van der Waals surface area (Å²) in [5.41, 5.74) is 21.7. The second kappa shape index (κ2) is 13.5. The normalized spacial score (nSPS) is 22.6. The van der Waals surface area contributed by atoms with Crippen molar-refractivity contribution >= 4 is 11.6 Å². The molecule has 2 saturated heterocycles. The molecule has 1 amide bonds. The van der Waals surface area contributed by atoms with E-state index in [9.17, 15) is 9.90 Å². The van der Waals surface area contributed by atoms with Crippen molar-refractivity contribution in [1.82, 2.24) is 14.7 Å². The van der Waals surface area contributed by atoms with Crippen LogP contribution >= 0.6 is 0 Å². The summed E-state index contributed by atoms with van der Waals surface area (Å²) in [5.74, 6) is 1.14. The number of carbonyl (C=O) groups is 1. The fourth-order valence-electron chi connectivity index (χ4n) is 6.46. The fraction of sp³-hybridized carbons (Fsp3) is 0.485. The number of nitrogens with zero attached hydrogens (tertiary/aromatic N) is 3. The molecule has 1 aliphatic carbocycles. The molecule has 2 heterocycles. The van der Waals surface area contributed by atoms with Crippen molar-refractivity contribution in [2.45, 2.75) is 51.2 Å². The molecule has 9 nitrogen and oxygen atoms in total. The molecule has 3 fully saturated rings. The number of ether oxygens (including phenoxy) is 1. The third kappa shape index (κ3) is 7.02. The quantitative estimate of drug-likeness (QED) is 0.369. The first-order valence-electron chi connectivity index (χ1n) is 15.3. The highest BCUT2D eigenvalue weighted by atomic mass is 16.5. The molecule has 5 rings (SSSR count). The van der Waals surface area contributed by atoms with Crippen molar-refractivity contribution in [2.24, 2.45) is 23.1 Å². The highest BCUT2D eigenvalue weighted by Gasteiger charge is 2.30. The highest BCUT2D eigenvalue weighted by molar-refractivity contribution is 5.94.